The van der Waals surface area contributed by atoms with Gasteiger partial charge in [-0.2, -0.15) is 4.98 Å². The third-order valence-electron chi connectivity index (χ3n) is 2.45. The minimum atomic E-state index is 0.229. The first kappa shape index (κ1) is 13.7. The minimum Gasteiger partial charge on any atom is -0.478 e. The van der Waals surface area contributed by atoms with Crippen molar-refractivity contribution in [3.8, 4) is 5.88 Å². The standard InChI is InChI=1S/C12H22N4O/c1-3-5-6-10(9-13)15-12-14-8-7-11(16-12)17-4-2/h7-8,10H,3-6,9,13H2,1-2H3,(H,14,15,16). The molecule has 3 N–H and O–H groups in total. The normalized spacial score (nSPS) is 12.2. The third kappa shape index (κ3) is 4.99. The Kier molecular flexibility index (Phi) is 6.32. The summed E-state index contributed by atoms with van der Waals surface area (Å²) >= 11 is 0. The van der Waals surface area contributed by atoms with Gasteiger partial charge in [0.2, 0.25) is 11.8 Å². The molecule has 0 saturated heterocycles. The highest BCUT2D eigenvalue weighted by molar-refractivity contribution is 5.28. The average Bonchev–Trinajstić information content (AvgIpc) is 2.35. The lowest BCUT2D eigenvalue weighted by Crippen LogP contribution is -2.29. The van der Waals surface area contributed by atoms with Crippen molar-refractivity contribution in [3.05, 3.63) is 12.3 Å². The van der Waals surface area contributed by atoms with Crippen molar-refractivity contribution in [3.63, 3.8) is 0 Å². The zero-order chi connectivity index (χ0) is 12.5. The van der Waals surface area contributed by atoms with E-state index in [1.807, 2.05) is 6.92 Å². The van der Waals surface area contributed by atoms with E-state index >= 15 is 0 Å². The van der Waals surface area contributed by atoms with Crippen LogP contribution in [0.2, 0.25) is 0 Å². The molecule has 1 rings (SSSR count). The van der Waals surface area contributed by atoms with Gasteiger partial charge < -0.3 is 15.8 Å². The number of aromatic nitrogens is 2. The van der Waals surface area contributed by atoms with Crippen LogP contribution >= 0.6 is 0 Å². The molecule has 1 atom stereocenters. The molecule has 0 fully saturated rings. The van der Waals surface area contributed by atoms with Gasteiger partial charge in [0.05, 0.1) is 6.61 Å². The van der Waals surface area contributed by atoms with Crippen molar-refractivity contribution >= 4 is 5.95 Å². The number of nitrogens with two attached hydrogens (primary N) is 1. The van der Waals surface area contributed by atoms with Gasteiger partial charge in [-0.05, 0) is 13.3 Å². The fourth-order valence-corrected chi connectivity index (χ4v) is 1.52. The monoisotopic (exact) mass is 238 g/mol. The predicted octanol–water partition coefficient (Wildman–Crippen LogP) is 1.80. The fraction of sp³-hybridized carbons (Fsp3) is 0.667. The van der Waals surface area contributed by atoms with Crippen molar-refractivity contribution in [2.75, 3.05) is 18.5 Å². The second-order valence-corrected chi connectivity index (χ2v) is 3.87. The van der Waals surface area contributed by atoms with Gasteiger partial charge in [-0.25, -0.2) is 4.98 Å². The van der Waals surface area contributed by atoms with Crippen LogP contribution in [0.5, 0.6) is 5.88 Å². The Morgan fingerprint density at radius 3 is 2.94 bits per heavy atom. The van der Waals surface area contributed by atoms with Gasteiger partial charge in [0.1, 0.15) is 0 Å². The molecule has 0 bridgehead atoms. The smallest absolute Gasteiger partial charge is 0.226 e. The second kappa shape index (κ2) is 7.84. The maximum Gasteiger partial charge on any atom is 0.226 e. The first-order chi connectivity index (χ1) is 8.30. The Balaban J connectivity index is 2.55. The molecule has 17 heavy (non-hydrogen) atoms. The summed E-state index contributed by atoms with van der Waals surface area (Å²) < 4.78 is 5.32. The van der Waals surface area contributed by atoms with Crippen molar-refractivity contribution in [1.82, 2.24) is 9.97 Å². The van der Waals surface area contributed by atoms with E-state index < -0.39 is 0 Å². The molecule has 5 nitrogen and oxygen atoms in total. The molecule has 96 valence electrons. The van der Waals surface area contributed by atoms with Crippen LogP contribution in [0.15, 0.2) is 12.3 Å². The molecule has 0 saturated carbocycles. The fourth-order valence-electron chi connectivity index (χ4n) is 1.52. The summed E-state index contributed by atoms with van der Waals surface area (Å²) in [5.41, 5.74) is 5.71. The summed E-state index contributed by atoms with van der Waals surface area (Å²) in [5.74, 6) is 1.18. The number of hydrogen-bond donors (Lipinski definition) is 2. The molecule has 1 heterocycles. The Bertz CT molecular complexity index is 319. The molecule has 0 aromatic carbocycles. The molecule has 1 unspecified atom stereocenters. The number of rotatable bonds is 8. The average molecular weight is 238 g/mol. The van der Waals surface area contributed by atoms with E-state index in [9.17, 15) is 0 Å². The summed E-state index contributed by atoms with van der Waals surface area (Å²) in [6.07, 6.45) is 5.04. The molecular formula is C12H22N4O. The highest BCUT2D eigenvalue weighted by Gasteiger charge is 2.08. The maximum atomic E-state index is 5.71. The van der Waals surface area contributed by atoms with Gasteiger partial charge >= 0.3 is 0 Å². The Morgan fingerprint density at radius 1 is 1.47 bits per heavy atom. The zero-order valence-electron chi connectivity index (χ0n) is 10.6. The molecule has 0 amide bonds. The number of anilines is 1. The Morgan fingerprint density at radius 2 is 2.29 bits per heavy atom. The van der Waals surface area contributed by atoms with Crippen molar-refractivity contribution < 1.29 is 4.74 Å². The SMILES string of the molecule is CCCCC(CN)Nc1nccc(OCC)n1. The second-order valence-electron chi connectivity index (χ2n) is 3.87. The van der Waals surface area contributed by atoms with Gasteiger partial charge in [-0.3, -0.25) is 0 Å². The van der Waals surface area contributed by atoms with Crippen LogP contribution in [0.3, 0.4) is 0 Å². The summed E-state index contributed by atoms with van der Waals surface area (Å²) in [6.45, 7) is 5.29. The molecule has 0 aliphatic heterocycles. The van der Waals surface area contributed by atoms with Crippen molar-refractivity contribution in [2.24, 2.45) is 5.73 Å². The lowest BCUT2D eigenvalue weighted by molar-refractivity contribution is 0.326. The predicted molar refractivity (Wildman–Crippen MR) is 69.2 cm³/mol. The third-order valence-corrected chi connectivity index (χ3v) is 2.45. The van der Waals surface area contributed by atoms with Gasteiger partial charge in [-0.15, -0.1) is 0 Å². The van der Waals surface area contributed by atoms with Crippen LogP contribution in [-0.2, 0) is 0 Å². The molecule has 5 heteroatoms. The lowest BCUT2D eigenvalue weighted by atomic mass is 10.1. The molecule has 1 aromatic heterocycles. The van der Waals surface area contributed by atoms with E-state index in [0.29, 0.717) is 25.0 Å². The van der Waals surface area contributed by atoms with Gasteiger partial charge in [0.15, 0.2) is 0 Å². The van der Waals surface area contributed by atoms with Crippen LogP contribution in [0.4, 0.5) is 5.95 Å². The van der Waals surface area contributed by atoms with Crippen LogP contribution in [0.25, 0.3) is 0 Å². The number of hydrogen-bond acceptors (Lipinski definition) is 5. The number of ether oxygens (including phenoxy) is 1. The number of nitrogens with zero attached hydrogens (tertiary/aromatic N) is 2. The minimum absolute atomic E-state index is 0.229. The van der Waals surface area contributed by atoms with Gasteiger partial charge in [-0.1, -0.05) is 19.8 Å². The zero-order valence-corrected chi connectivity index (χ0v) is 10.6. The van der Waals surface area contributed by atoms with E-state index in [0.717, 1.165) is 19.3 Å². The number of nitrogens with one attached hydrogen (secondary N) is 1. The molecule has 0 spiro atoms. The highest BCUT2D eigenvalue weighted by atomic mass is 16.5. The van der Waals surface area contributed by atoms with Crippen LogP contribution in [0.1, 0.15) is 33.1 Å². The van der Waals surface area contributed by atoms with E-state index in [2.05, 4.69) is 22.2 Å². The largest absolute Gasteiger partial charge is 0.478 e. The molecule has 0 aliphatic rings. The Labute approximate surface area is 103 Å². The van der Waals surface area contributed by atoms with E-state index in [1.54, 1.807) is 12.3 Å². The maximum absolute atomic E-state index is 5.71. The quantitative estimate of drug-likeness (QED) is 0.722. The van der Waals surface area contributed by atoms with Gasteiger partial charge in [0, 0.05) is 24.8 Å². The molecular weight excluding hydrogens is 216 g/mol. The summed E-state index contributed by atoms with van der Waals surface area (Å²) in [7, 11) is 0. The van der Waals surface area contributed by atoms with Crippen LogP contribution < -0.4 is 15.8 Å². The lowest BCUT2D eigenvalue weighted by Gasteiger charge is -2.16. The Hall–Kier alpha value is -1.36. The van der Waals surface area contributed by atoms with Crippen molar-refractivity contribution in [2.45, 2.75) is 39.2 Å². The first-order valence-corrected chi connectivity index (χ1v) is 6.22. The van der Waals surface area contributed by atoms with E-state index in [1.165, 1.54) is 0 Å². The van der Waals surface area contributed by atoms with Crippen molar-refractivity contribution in [1.29, 1.82) is 0 Å². The summed E-state index contributed by atoms with van der Waals surface area (Å²) in [5, 5.41) is 3.24. The first-order valence-electron chi connectivity index (χ1n) is 6.22. The van der Waals surface area contributed by atoms with E-state index in [-0.39, 0.29) is 6.04 Å². The van der Waals surface area contributed by atoms with Gasteiger partial charge in [0.25, 0.3) is 0 Å². The van der Waals surface area contributed by atoms with Crippen LogP contribution in [-0.4, -0.2) is 29.2 Å². The summed E-state index contributed by atoms with van der Waals surface area (Å²) in [4.78, 5) is 8.42. The molecule has 0 aliphatic carbocycles. The van der Waals surface area contributed by atoms with Crippen LogP contribution in [0, 0.1) is 0 Å². The molecule has 0 radical (unpaired) electrons. The topological polar surface area (TPSA) is 73.1 Å². The number of unbranched alkanes of at least 4 members (excludes halogenated alkanes) is 1. The highest BCUT2D eigenvalue weighted by Crippen LogP contribution is 2.10. The molecule has 1 aromatic rings. The summed E-state index contributed by atoms with van der Waals surface area (Å²) in [6, 6.07) is 1.98. The van der Waals surface area contributed by atoms with E-state index in [4.69, 9.17) is 10.5 Å².